The molecule has 1 saturated heterocycles. The summed E-state index contributed by atoms with van der Waals surface area (Å²) in [5, 5.41) is 12.4. The van der Waals surface area contributed by atoms with Crippen LogP contribution in [0.3, 0.4) is 0 Å². The lowest BCUT2D eigenvalue weighted by atomic mass is 10.0. The summed E-state index contributed by atoms with van der Waals surface area (Å²) in [5.74, 6) is -0.922. The number of phenolic OH excluding ortho intramolecular Hbond substituents is 1. The monoisotopic (exact) mass is 657 g/mol. The number of carbonyl (C=O) groups is 1. The van der Waals surface area contributed by atoms with Crippen LogP contribution in [-0.2, 0) is 17.8 Å². The molecule has 3 N–H and O–H groups in total. The molecule has 2 aromatic carbocycles. The minimum absolute atomic E-state index is 0. The molecule has 2 aliphatic rings. The Bertz CT molecular complexity index is 1520. The van der Waals surface area contributed by atoms with Crippen molar-refractivity contribution < 1.29 is 19.0 Å². The Morgan fingerprint density at radius 2 is 2.02 bits per heavy atom. The fraction of sp³-hybridized carbons (Fsp3) is 0.438. The number of aromatic nitrogens is 2. The van der Waals surface area contributed by atoms with E-state index in [9.17, 15) is 14.3 Å². The zero-order valence-electron chi connectivity index (χ0n) is 26.1. The third-order valence-electron chi connectivity index (χ3n) is 8.04. The van der Waals surface area contributed by atoms with Gasteiger partial charge in [-0.15, -0.1) is 0 Å². The molecule has 2 atom stereocenters. The lowest BCUT2D eigenvalue weighted by Gasteiger charge is -2.31. The van der Waals surface area contributed by atoms with E-state index in [1.165, 1.54) is 11.3 Å². The fourth-order valence-electron chi connectivity index (χ4n) is 5.65. The first-order chi connectivity index (χ1) is 20.6. The van der Waals surface area contributed by atoms with Crippen LogP contribution in [-0.4, -0.2) is 82.7 Å². The summed E-state index contributed by atoms with van der Waals surface area (Å²) in [6.45, 7) is 16.7. The van der Waals surface area contributed by atoms with Gasteiger partial charge in [0, 0.05) is 41.8 Å². The van der Waals surface area contributed by atoms with Gasteiger partial charge in [0.15, 0.2) is 5.83 Å². The zero-order chi connectivity index (χ0) is 31.1. The van der Waals surface area contributed by atoms with E-state index in [2.05, 4.69) is 39.3 Å². The largest absolute Gasteiger partial charge is 0.508 e. The van der Waals surface area contributed by atoms with Gasteiger partial charge in [-0.1, -0.05) is 30.8 Å². The molecule has 0 aliphatic carbocycles. The Hall–Kier alpha value is -3.73. The number of likely N-dealkylation sites (N-methyl/N-ethyl adjacent to an activating group) is 2. The normalized spacial score (nSPS) is 16.2. The van der Waals surface area contributed by atoms with Gasteiger partial charge in [0.25, 0.3) is 5.91 Å². The second kappa shape index (κ2) is 17.1. The summed E-state index contributed by atoms with van der Waals surface area (Å²) in [7, 11) is 2.13. The van der Waals surface area contributed by atoms with Crippen molar-refractivity contribution in [2.45, 2.75) is 51.7 Å². The number of hydrogen-bond donors (Lipinski definition) is 2. The summed E-state index contributed by atoms with van der Waals surface area (Å²) in [5.41, 5.74) is 9.16. The van der Waals surface area contributed by atoms with E-state index in [0.717, 1.165) is 53.6 Å². The molecule has 3 aromatic rings. The Morgan fingerprint density at radius 3 is 2.67 bits per heavy atom. The molecule has 2 aliphatic heterocycles. The first kappa shape index (κ1) is 37.5. The Balaban J connectivity index is 0.000000405. The van der Waals surface area contributed by atoms with Crippen LogP contribution in [0.2, 0.25) is 0 Å². The number of carbonyl (C=O) groups excluding carboxylic acids is 1. The van der Waals surface area contributed by atoms with E-state index >= 15 is 0 Å². The molecule has 0 spiro atoms. The summed E-state index contributed by atoms with van der Waals surface area (Å²) in [6.07, 6.45) is 3.09. The minimum Gasteiger partial charge on any atom is -0.508 e. The number of phenols is 1. The van der Waals surface area contributed by atoms with Crippen molar-refractivity contribution >= 4 is 55.2 Å². The molecule has 1 aromatic heterocycles. The number of benzene rings is 2. The van der Waals surface area contributed by atoms with E-state index in [0.29, 0.717) is 37.6 Å². The quantitative estimate of drug-likeness (QED) is 0.263. The molecule has 3 heterocycles. The third kappa shape index (κ3) is 9.15. The number of nitrogens with two attached hydrogens (primary N) is 1. The number of hydrogen-bond acceptors (Lipinski definition) is 8. The average Bonchev–Trinajstić information content (AvgIpc) is 3.40. The third-order valence-corrected chi connectivity index (χ3v) is 8.04. The molecule has 5 rings (SSSR count). The van der Waals surface area contributed by atoms with Crippen LogP contribution in [0.15, 0.2) is 48.8 Å². The molecule has 0 bridgehead atoms. The van der Waals surface area contributed by atoms with Crippen molar-refractivity contribution in [3.05, 3.63) is 71.5 Å². The molecule has 10 nitrogen and oxygen atoms in total. The lowest BCUT2D eigenvalue weighted by molar-refractivity contribution is -0.130. The summed E-state index contributed by atoms with van der Waals surface area (Å²) < 4.78 is 18.4. The Labute approximate surface area is 278 Å². The maximum Gasteiger partial charge on any atom is 0.318 e. The molecule has 0 unspecified atom stereocenters. The first-order valence-electron chi connectivity index (χ1n) is 14.6. The van der Waals surface area contributed by atoms with Crippen molar-refractivity contribution in [2.24, 2.45) is 0 Å². The van der Waals surface area contributed by atoms with Crippen molar-refractivity contribution in [3.63, 3.8) is 0 Å². The minimum atomic E-state index is -0.973. The van der Waals surface area contributed by atoms with Gasteiger partial charge in [-0.2, -0.15) is 37.0 Å². The maximum absolute atomic E-state index is 12.5. The van der Waals surface area contributed by atoms with Crippen LogP contribution in [0.25, 0.3) is 15.6 Å². The summed E-state index contributed by atoms with van der Waals surface area (Å²) in [4.78, 5) is 29.2. The molecule has 244 valence electrons. The van der Waals surface area contributed by atoms with E-state index in [1.54, 1.807) is 19.9 Å². The predicted molar refractivity (Wildman–Crippen MR) is 187 cm³/mol. The van der Waals surface area contributed by atoms with Crippen LogP contribution >= 0.6 is 27.0 Å². The number of nitrogen functional groups attached to an aromatic ring is 1. The molecular weight excluding hydrogens is 614 g/mol. The molecular formula is C32H44FN7O3S2. The van der Waals surface area contributed by atoms with Crippen molar-refractivity contribution in [2.75, 3.05) is 50.5 Å². The van der Waals surface area contributed by atoms with Crippen LogP contribution < -0.4 is 15.4 Å². The number of fused-ring (bicyclic) bond motifs is 2. The number of ether oxygens (including phenoxy) is 1. The van der Waals surface area contributed by atoms with Gasteiger partial charge in [-0.05, 0) is 58.2 Å². The molecule has 13 heteroatoms. The highest BCUT2D eigenvalue weighted by Gasteiger charge is 2.26. The molecule has 1 fully saturated rings. The molecule has 0 radical (unpaired) electrons. The van der Waals surface area contributed by atoms with Crippen molar-refractivity contribution in [3.8, 4) is 11.8 Å². The van der Waals surface area contributed by atoms with Gasteiger partial charge in [0.2, 0.25) is 6.54 Å². The van der Waals surface area contributed by atoms with Crippen LogP contribution in [0.4, 0.5) is 15.9 Å². The average molecular weight is 658 g/mol. The Kier molecular flexibility index (Phi) is 14.2. The Morgan fingerprint density at radius 1 is 1.29 bits per heavy atom. The van der Waals surface area contributed by atoms with Gasteiger partial charge in [0.05, 0.1) is 12.2 Å². The van der Waals surface area contributed by atoms with Gasteiger partial charge >= 0.3 is 6.01 Å². The maximum atomic E-state index is 12.5. The van der Waals surface area contributed by atoms with E-state index in [1.807, 2.05) is 24.3 Å². The van der Waals surface area contributed by atoms with Crippen LogP contribution in [0.1, 0.15) is 37.9 Å². The zero-order valence-corrected chi connectivity index (χ0v) is 28.1. The highest BCUT2D eigenvalue weighted by atomic mass is 32.1. The van der Waals surface area contributed by atoms with Crippen LogP contribution in [0, 0.1) is 6.57 Å². The fourth-order valence-corrected chi connectivity index (χ4v) is 5.65. The number of aromatic hydroxyl groups is 1. The number of anilines is 2. The van der Waals surface area contributed by atoms with E-state index in [-0.39, 0.29) is 45.3 Å². The smallest absolute Gasteiger partial charge is 0.318 e. The molecule has 45 heavy (non-hydrogen) atoms. The molecule has 0 saturated carbocycles. The highest BCUT2D eigenvalue weighted by Crippen LogP contribution is 2.35. The summed E-state index contributed by atoms with van der Waals surface area (Å²) in [6, 6.07) is 12.2. The van der Waals surface area contributed by atoms with Crippen LogP contribution in [0.5, 0.6) is 11.8 Å². The lowest BCUT2D eigenvalue weighted by Crippen LogP contribution is -2.40. The molecule has 1 amide bonds. The number of rotatable bonds is 8. The number of amides is 1. The number of nitrogens with zero attached hydrogens (tertiary/aromatic N) is 6. The predicted octanol–water partition coefficient (Wildman–Crippen LogP) is 4.80. The number of halogens is 1. The van der Waals surface area contributed by atoms with Crippen molar-refractivity contribution in [1.82, 2.24) is 19.8 Å². The highest BCUT2D eigenvalue weighted by molar-refractivity contribution is 7.59. The van der Waals surface area contributed by atoms with Gasteiger partial charge in [0.1, 0.15) is 24.2 Å². The van der Waals surface area contributed by atoms with Gasteiger partial charge in [-0.3, -0.25) is 4.79 Å². The van der Waals surface area contributed by atoms with E-state index in [4.69, 9.17) is 22.0 Å². The topological polar surface area (TPSA) is 112 Å². The van der Waals surface area contributed by atoms with Gasteiger partial charge in [-0.25, -0.2) is 11.0 Å². The second-order valence-electron chi connectivity index (χ2n) is 10.9. The standard InChI is InChI=1S/C23H27N5O2.C9H13FN2O.2H2S/c1-27-9-4-6-16(27)14-30-23-25-20-13-28(10-8-19(20)22(24)26-23)21-12-17(29)11-15-5-2-3-7-18(15)21;1-5-12(7(2)6-11-4)9(13)8(3)10;;/h2-3,5,7,11-12,16,29H,4,6,8-10,13-14H2,1H3,(H2,24,25,26);7H,3,5-6H2,1-2H3;2*1H2/t16-;7-;;/m01../s1. The summed E-state index contributed by atoms with van der Waals surface area (Å²) >= 11 is 0. The number of likely N-dealkylation sites (tertiary alicyclic amines) is 1. The van der Waals surface area contributed by atoms with Crippen molar-refractivity contribution in [1.29, 1.82) is 0 Å². The van der Waals surface area contributed by atoms with E-state index < -0.39 is 11.7 Å². The second-order valence-corrected chi connectivity index (χ2v) is 10.9. The first-order valence-corrected chi connectivity index (χ1v) is 14.6. The van der Waals surface area contributed by atoms with Gasteiger partial charge < -0.3 is 35.1 Å². The SMILES string of the molecule is CN1CCC[C@H]1COc1nc(N)c2c(n1)CN(c1cc(O)cc3ccccc13)CC2.S.S.[C-]#[N+]C[C@@H](C)N(CC)C(=O)C(=C)F.